The van der Waals surface area contributed by atoms with Crippen LogP contribution in [0.5, 0.6) is 0 Å². The van der Waals surface area contributed by atoms with Crippen molar-refractivity contribution < 1.29 is 9.59 Å². The number of anilines is 1. The summed E-state index contributed by atoms with van der Waals surface area (Å²) in [5.41, 5.74) is 7.70. The second kappa shape index (κ2) is 9.42. The van der Waals surface area contributed by atoms with E-state index in [0.29, 0.717) is 22.7 Å². The van der Waals surface area contributed by atoms with Gasteiger partial charge in [-0.25, -0.2) is 0 Å². The first kappa shape index (κ1) is 20.2. The minimum atomic E-state index is -0.235. The Labute approximate surface area is 152 Å². The van der Waals surface area contributed by atoms with Crippen LogP contribution in [0.25, 0.3) is 0 Å². The third-order valence-electron chi connectivity index (χ3n) is 3.49. The lowest BCUT2D eigenvalue weighted by Gasteiger charge is -2.12. The van der Waals surface area contributed by atoms with Crippen molar-refractivity contribution in [2.24, 2.45) is 5.73 Å². The van der Waals surface area contributed by atoms with E-state index in [-0.39, 0.29) is 30.3 Å². The Kier molecular flexibility index (Phi) is 7.91. The summed E-state index contributed by atoms with van der Waals surface area (Å²) in [5, 5.41) is 7.91. The summed E-state index contributed by atoms with van der Waals surface area (Å²) >= 11 is 1.32. The fraction of sp³-hybridized carbons (Fsp3) is 0.294. The molecule has 1 heterocycles. The standard InChI is InChI=1S/C17H21N3O2S.ClH/c1-3-12-4-6-13(7-5-12)15(21)20-17-14(8-9-23-17)16(22)19-11(2)10-18;/h4-9,11H,3,10,18H2,1-2H3,(H,19,22)(H,20,21);1H/t11-;/m0./s1. The molecule has 2 amide bonds. The molecule has 0 bridgehead atoms. The van der Waals surface area contributed by atoms with Gasteiger partial charge in [-0.2, -0.15) is 0 Å². The van der Waals surface area contributed by atoms with Crippen LogP contribution >= 0.6 is 23.7 Å². The van der Waals surface area contributed by atoms with Gasteiger partial charge in [0.1, 0.15) is 5.00 Å². The average Bonchev–Trinajstić information content (AvgIpc) is 3.02. The summed E-state index contributed by atoms with van der Waals surface area (Å²) in [4.78, 5) is 24.5. The van der Waals surface area contributed by atoms with E-state index >= 15 is 0 Å². The molecule has 0 radical (unpaired) electrons. The highest BCUT2D eigenvalue weighted by Crippen LogP contribution is 2.24. The maximum atomic E-state index is 12.3. The van der Waals surface area contributed by atoms with Crippen molar-refractivity contribution in [1.29, 1.82) is 0 Å². The van der Waals surface area contributed by atoms with E-state index in [1.165, 1.54) is 16.9 Å². The van der Waals surface area contributed by atoms with Crippen molar-refractivity contribution in [3.05, 3.63) is 52.4 Å². The quantitative estimate of drug-likeness (QED) is 0.733. The van der Waals surface area contributed by atoms with Gasteiger partial charge in [0.15, 0.2) is 0 Å². The van der Waals surface area contributed by atoms with Gasteiger partial charge >= 0.3 is 0 Å². The Balaban J connectivity index is 0.00000288. The molecule has 130 valence electrons. The fourth-order valence-electron chi connectivity index (χ4n) is 2.01. The molecule has 0 saturated heterocycles. The predicted molar refractivity (Wildman–Crippen MR) is 101 cm³/mol. The van der Waals surface area contributed by atoms with Crippen LogP contribution in [0.1, 0.15) is 40.1 Å². The second-order valence-corrected chi connectivity index (χ2v) is 6.19. The molecule has 0 aliphatic rings. The third-order valence-corrected chi connectivity index (χ3v) is 4.32. The van der Waals surface area contributed by atoms with Gasteiger partial charge in [-0.3, -0.25) is 9.59 Å². The highest BCUT2D eigenvalue weighted by molar-refractivity contribution is 7.14. The number of thiophene rings is 1. The van der Waals surface area contributed by atoms with Crippen molar-refractivity contribution >= 4 is 40.6 Å². The number of hydrogen-bond acceptors (Lipinski definition) is 4. The van der Waals surface area contributed by atoms with E-state index in [1.807, 2.05) is 19.1 Å². The van der Waals surface area contributed by atoms with Crippen molar-refractivity contribution in [1.82, 2.24) is 5.32 Å². The van der Waals surface area contributed by atoms with Crippen LogP contribution in [-0.4, -0.2) is 24.4 Å². The van der Waals surface area contributed by atoms with Crippen LogP contribution in [0.2, 0.25) is 0 Å². The second-order valence-electron chi connectivity index (χ2n) is 5.28. The number of carbonyl (C=O) groups is 2. The lowest BCUT2D eigenvalue weighted by Crippen LogP contribution is -2.37. The van der Waals surface area contributed by atoms with Gasteiger partial charge < -0.3 is 16.4 Å². The maximum Gasteiger partial charge on any atom is 0.256 e. The number of carbonyl (C=O) groups excluding carboxylic acids is 2. The van der Waals surface area contributed by atoms with Crippen molar-refractivity contribution in [3.63, 3.8) is 0 Å². The van der Waals surface area contributed by atoms with Gasteiger partial charge in [-0.15, -0.1) is 23.7 Å². The van der Waals surface area contributed by atoms with Gasteiger partial charge in [0.2, 0.25) is 0 Å². The molecule has 2 aromatic rings. The van der Waals surface area contributed by atoms with E-state index in [1.54, 1.807) is 23.6 Å². The predicted octanol–water partition coefficient (Wildman–Crippen LogP) is 3.06. The molecule has 4 N–H and O–H groups in total. The van der Waals surface area contributed by atoms with E-state index < -0.39 is 0 Å². The van der Waals surface area contributed by atoms with Gasteiger partial charge in [0.25, 0.3) is 11.8 Å². The zero-order chi connectivity index (χ0) is 16.8. The van der Waals surface area contributed by atoms with E-state index in [9.17, 15) is 9.59 Å². The zero-order valence-corrected chi connectivity index (χ0v) is 15.3. The number of amides is 2. The summed E-state index contributed by atoms with van der Waals surface area (Å²) in [7, 11) is 0. The molecule has 5 nitrogen and oxygen atoms in total. The average molecular weight is 368 g/mol. The molecule has 2 rings (SSSR count). The smallest absolute Gasteiger partial charge is 0.256 e. The molecule has 1 aromatic heterocycles. The van der Waals surface area contributed by atoms with Crippen LogP contribution in [0, 0.1) is 0 Å². The molecule has 0 spiro atoms. The summed E-state index contributed by atoms with van der Waals surface area (Å²) < 4.78 is 0. The topological polar surface area (TPSA) is 84.2 Å². The Morgan fingerprint density at radius 1 is 1.17 bits per heavy atom. The lowest BCUT2D eigenvalue weighted by atomic mass is 10.1. The van der Waals surface area contributed by atoms with Gasteiger partial charge in [0.05, 0.1) is 5.56 Å². The Morgan fingerprint density at radius 3 is 2.42 bits per heavy atom. The van der Waals surface area contributed by atoms with Crippen LogP contribution < -0.4 is 16.4 Å². The molecule has 7 heteroatoms. The molecule has 0 saturated carbocycles. The molecule has 0 aliphatic heterocycles. The SMILES string of the molecule is CCc1ccc(C(=O)Nc2sccc2C(=O)N[C@@H](C)CN)cc1.Cl. The van der Waals surface area contributed by atoms with E-state index in [0.717, 1.165) is 6.42 Å². The van der Waals surface area contributed by atoms with Crippen molar-refractivity contribution in [2.45, 2.75) is 26.3 Å². The maximum absolute atomic E-state index is 12.3. The Hall–Kier alpha value is -1.89. The normalized spacial score (nSPS) is 11.3. The first-order valence-electron chi connectivity index (χ1n) is 7.53. The van der Waals surface area contributed by atoms with Gasteiger partial charge in [0, 0.05) is 18.2 Å². The monoisotopic (exact) mass is 367 g/mol. The molecule has 24 heavy (non-hydrogen) atoms. The van der Waals surface area contributed by atoms with E-state index in [4.69, 9.17) is 5.73 Å². The van der Waals surface area contributed by atoms with Gasteiger partial charge in [-0.1, -0.05) is 19.1 Å². The summed E-state index contributed by atoms with van der Waals surface area (Å²) in [6, 6.07) is 9.02. The number of nitrogens with two attached hydrogens (primary N) is 1. The van der Waals surface area contributed by atoms with Gasteiger partial charge in [-0.05, 0) is 42.5 Å². The highest BCUT2D eigenvalue weighted by Gasteiger charge is 2.17. The van der Waals surface area contributed by atoms with Crippen molar-refractivity contribution in [2.75, 3.05) is 11.9 Å². The van der Waals surface area contributed by atoms with Crippen LogP contribution in [-0.2, 0) is 6.42 Å². The number of rotatable bonds is 6. The number of nitrogens with one attached hydrogen (secondary N) is 2. The first-order chi connectivity index (χ1) is 11.0. The lowest BCUT2D eigenvalue weighted by molar-refractivity contribution is 0.0942. The summed E-state index contributed by atoms with van der Waals surface area (Å²) in [6.45, 7) is 4.26. The molecule has 1 atom stereocenters. The Bertz CT molecular complexity index is 685. The molecular weight excluding hydrogens is 346 g/mol. The Morgan fingerprint density at radius 2 is 1.83 bits per heavy atom. The minimum Gasteiger partial charge on any atom is -0.348 e. The third kappa shape index (κ3) is 5.06. The van der Waals surface area contributed by atoms with Crippen LogP contribution in [0.3, 0.4) is 0 Å². The molecule has 0 unspecified atom stereocenters. The minimum absolute atomic E-state index is 0. The van der Waals surface area contributed by atoms with Crippen LogP contribution in [0.15, 0.2) is 35.7 Å². The summed E-state index contributed by atoms with van der Waals surface area (Å²) in [5.74, 6) is -0.461. The summed E-state index contributed by atoms with van der Waals surface area (Å²) in [6.07, 6.45) is 0.927. The fourth-order valence-corrected chi connectivity index (χ4v) is 2.79. The largest absolute Gasteiger partial charge is 0.348 e. The molecular formula is C17H22ClN3O2S. The molecule has 0 fully saturated rings. The number of benzene rings is 1. The zero-order valence-electron chi connectivity index (χ0n) is 13.7. The molecule has 0 aliphatic carbocycles. The van der Waals surface area contributed by atoms with Crippen molar-refractivity contribution in [3.8, 4) is 0 Å². The number of hydrogen-bond donors (Lipinski definition) is 3. The van der Waals surface area contributed by atoms with E-state index in [2.05, 4.69) is 17.6 Å². The number of halogens is 1. The first-order valence-corrected chi connectivity index (χ1v) is 8.41. The molecule has 1 aromatic carbocycles. The number of aryl methyl sites for hydroxylation is 1. The van der Waals surface area contributed by atoms with Crippen LogP contribution in [0.4, 0.5) is 5.00 Å². The highest BCUT2D eigenvalue weighted by atomic mass is 35.5.